The average Bonchev–Trinajstić information content (AvgIpc) is 2.42. The van der Waals surface area contributed by atoms with Crippen LogP contribution in [0.1, 0.15) is 31.7 Å². The first-order chi connectivity index (χ1) is 8.55. The van der Waals surface area contributed by atoms with E-state index >= 15 is 0 Å². The van der Waals surface area contributed by atoms with Gasteiger partial charge in [0.2, 0.25) is 0 Å². The Labute approximate surface area is 108 Å². The minimum Gasteiger partial charge on any atom is -0.479 e. The molecule has 1 aliphatic rings. The maximum absolute atomic E-state index is 10.6. The molecule has 4 nitrogen and oxygen atoms in total. The van der Waals surface area contributed by atoms with Crippen molar-refractivity contribution in [2.45, 2.75) is 31.8 Å². The topological polar surface area (TPSA) is 69.6 Å². The Morgan fingerprint density at radius 2 is 1.72 bits per heavy atom. The molecular formula is C14H21NO3. The number of carboxylic acids is 1. The van der Waals surface area contributed by atoms with Gasteiger partial charge in [-0.2, -0.15) is 0 Å². The van der Waals surface area contributed by atoms with Gasteiger partial charge in [-0.05, 0) is 38.4 Å². The molecule has 1 atom stereocenters. The van der Waals surface area contributed by atoms with Crippen LogP contribution in [0.25, 0.3) is 0 Å². The smallest absolute Gasteiger partial charge is 0.340 e. The lowest BCUT2D eigenvalue weighted by Gasteiger charge is -2.17. The van der Waals surface area contributed by atoms with Crippen LogP contribution in [0.15, 0.2) is 30.3 Å². The highest BCUT2D eigenvalue weighted by Gasteiger charge is 2.31. The Hall–Kier alpha value is -1.39. The second-order valence-electron chi connectivity index (χ2n) is 4.55. The number of rotatable bonds is 2. The fourth-order valence-electron chi connectivity index (χ4n) is 1.69. The summed E-state index contributed by atoms with van der Waals surface area (Å²) >= 11 is 0. The summed E-state index contributed by atoms with van der Waals surface area (Å²) in [6.07, 6.45) is 4.22. The molecule has 0 radical (unpaired) electrons. The normalized spacial score (nSPS) is 18.1. The van der Waals surface area contributed by atoms with E-state index in [4.69, 9.17) is 5.11 Å². The maximum atomic E-state index is 10.6. The van der Waals surface area contributed by atoms with E-state index in [9.17, 15) is 9.90 Å². The number of piperidine rings is 1. The predicted molar refractivity (Wildman–Crippen MR) is 70.4 cm³/mol. The van der Waals surface area contributed by atoms with Gasteiger partial charge >= 0.3 is 5.97 Å². The molecule has 1 fully saturated rings. The van der Waals surface area contributed by atoms with Crippen molar-refractivity contribution in [1.82, 2.24) is 5.32 Å². The molecular weight excluding hydrogens is 230 g/mol. The van der Waals surface area contributed by atoms with E-state index < -0.39 is 11.6 Å². The molecule has 0 bridgehead atoms. The minimum absolute atomic E-state index is 0.387. The Morgan fingerprint density at radius 3 is 2.06 bits per heavy atom. The third-order valence-corrected chi connectivity index (χ3v) is 2.96. The van der Waals surface area contributed by atoms with Gasteiger partial charge in [0.15, 0.2) is 5.60 Å². The quantitative estimate of drug-likeness (QED) is 0.749. The monoisotopic (exact) mass is 251 g/mol. The van der Waals surface area contributed by atoms with E-state index in [0.717, 1.165) is 0 Å². The number of benzene rings is 1. The summed E-state index contributed by atoms with van der Waals surface area (Å²) in [6.45, 7) is 3.75. The standard InChI is InChI=1S/C9H10O3.C5H11N/c1-9(12,8(10)11)7-5-3-2-4-6-7;1-2-4-6-5-3-1/h2-6,12H,1H3,(H,10,11);6H,1-5H2. The second-order valence-corrected chi connectivity index (χ2v) is 4.55. The van der Waals surface area contributed by atoms with Crippen molar-refractivity contribution < 1.29 is 15.0 Å². The summed E-state index contributed by atoms with van der Waals surface area (Å²) in [5.74, 6) is -1.24. The number of carbonyl (C=O) groups is 1. The largest absolute Gasteiger partial charge is 0.479 e. The predicted octanol–water partition coefficient (Wildman–Crippen LogP) is 1.74. The minimum atomic E-state index is -1.79. The van der Waals surface area contributed by atoms with Crippen LogP contribution in [0.4, 0.5) is 0 Å². The van der Waals surface area contributed by atoms with Crippen LogP contribution in [0.3, 0.4) is 0 Å². The van der Waals surface area contributed by atoms with Crippen molar-refractivity contribution in [2.24, 2.45) is 0 Å². The van der Waals surface area contributed by atoms with Crippen LogP contribution in [-0.4, -0.2) is 29.3 Å². The SMILES string of the molecule is C1CCNCC1.CC(O)(C(=O)O)c1ccccc1. The van der Waals surface area contributed by atoms with Crippen molar-refractivity contribution in [1.29, 1.82) is 0 Å². The van der Waals surface area contributed by atoms with E-state index in [1.807, 2.05) is 0 Å². The Bertz CT molecular complexity index is 347. The molecule has 0 spiro atoms. The molecule has 0 amide bonds. The van der Waals surface area contributed by atoms with Crippen molar-refractivity contribution in [3.05, 3.63) is 35.9 Å². The summed E-state index contributed by atoms with van der Waals surface area (Å²) in [5, 5.41) is 21.4. The molecule has 100 valence electrons. The van der Waals surface area contributed by atoms with E-state index in [-0.39, 0.29) is 0 Å². The van der Waals surface area contributed by atoms with Gasteiger partial charge in [0, 0.05) is 0 Å². The lowest BCUT2D eigenvalue weighted by Crippen LogP contribution is -2.31. The molecule has 1 saturated heterocycles. The zero-order valence-electron chi connectivity index (χ0n) is 10.7. The van der Waals surface area contributed by atoms with E-state index in [1.54, 1.807) is 30.3 Å². The van der Waals surface area contributed by atoms with Gasteiger partial charge in [0.05, 0.1) is 0 Å². The van der Waals surface area contributed by atoms with Gasteiger partial charge in [-0.3, -0.25) is 0 Å². The summed E-state index contributed by atoms with van der Waals surface area (Å²) in [7, 11) is 0. The molecule has 1 heterocycles. The number of nitrogens with one attached hydrogen (secondary N) is 1. The summed E-state index contributed by atoms with van der Waals surface area (Å²) in [4.78, 5) is 10.6. The molecule has 1 aromatic rings. The Balaban J connectivity index is 0.000000225. The summed E-state index contributed by atoms with van der Waals surface area (Å²) in [5.41, 5.74) is -1.40. The van der Waals surface area contributed by atoms with Gasteiger partial charge < -0.3 is 15.5 Å². The third-order valence-electron chi connectivity index (χ3n) is 2.96. The summed E-state index contributed by atoms with van der Waals surface area (Å²) < 4.78 is 0. The van der Waals surface area contributed by atoms with Crippen molar-refractivity contribution >= 4 is 5.97 Å². The van der Waals surface area contributed by atoms with Crippen LogP contribution in [-0.2, 0) is 10.4 Å². The number of hydrogen-bond acceptors (Lipinski definition) is 3. The molecule has 3 N–H and O–H groups in total. The van der Waals surface area contributed by atoms with Crippen molar-refractivity contribution in [3.63, 3.8) is 0 Å². The zero-order valence-corrected chi connectivity index (χ0v) is 10.7. The first-order valence-electron chi connectivity index (χ1n) is 6.27. The van der Waals surface area contributed by atoms with Crippen LogP contribution >= 0.6 is 0 Å². The van der Waals surface area contributed by atoms with E-state index in [0.29, 0.717) is 5.56 Å². The number of aliphatic hydroxyl groups is 1. The zero-order chi connectivity index (χ0) is 13.4. The fourth-order valence-corrected chi connectivity index (χ4v) is 1.69. The first-order valence-corrected chi connectivity index (χ1v) is 6.27. The lowest BCUT2D eigenvalue weighted by atomic mass is 9.97. The molecule has 1 unspecified atom stereocenters. The molecule has 0 aliphatic carbocycles. The molecule has 0 aromatic heterocycles. The van der Waals surface area contributed by atoms with Gasteiger partial charge in [-0.15, -0.1) is 0 Å². The number of carboxylic acid groups (broad SMARTS) is 1. The Kier molecular flexibility index (Phi) is 5.82. The molecule has 4 heteroatoms. The van der Waals surface area contributed by atoms with Crippen LogP contribution in [0, 0.1) is 0 Å². The van der Waals surface area contributed by atoms with Crippen molar-refractivity contribution in [2.75, 3.05) is 13.1 Å². The highest BCUT2D eigenvalue weighted by molar-refractivity contribution is 5.78. The van der Waals surface area contributed by atoms with Gasteiger partial charge in [-0.1, -0.05) is 36.8 Å². The highest BCUT2D eigenvalue weighted by Crippen LogP contribution is 2.19. The maximum Gasteiger partial charge on any atom is 0.340 e. The Morgan fingerprint density at radius 1 is 1.17 bits per heavy atom. The molecule has 0 saturated carbocycles. The molecule has 1 aliphatic heterocycles. The molecule has 1 aromatic carbocycles. The number of hydrogen-bond donors (Lipinski definition) is 3. The molecule has 18 heavy (non-hydrogen) atoms. The first kappa shape index (κ1) is 14.7. The summed E-state index contributed by atoms with van der Waals surface area (Å²) in [6, 6.07) is 8.29. The highest BCUT2D eigenvalue weighted by atomic mass is 16.4. The van der Waals surface area contributed by atoms with Crippen LogP contribution in [0.2, 0.25) is 0 Å². The average molecular weight is 251 g/mol. The van der Waals surface area contributed by atoms with E-state index in [2.05, 4.69) is 5.32 Å². The number of aliphatic carboxylic acids is 1. The fraction of sp³-hybridized carbons (Fsp3) is 0.500. The van der Waals surface area contributed by atoms with Gasteiger partial charge in [0.25, 0.3) is 0 Å². The molecule has 2 rings (SSSR count). The second kappa shape index (κ2) is 7.13. The van der Waals surface area contributed by atoms with Crippen LogP contribution < -0.4 is 5.32 Å². The van der Waals surface area contributed by atoms with Gasteiger partial charge in [-0.25, -0.2) is 4.79 Å². The van der Waals surface area contributed by atoms with Crippen molar-refractivity contribution in [3.8, 4) is 0 Å². The van der Waals surface area contributed by atoms with E-state index in [1.165, 1.54) is 39.3 Å². The third kappa shape index (κ3) is 4.47. The van der Waals surface area contributed by atoms with Gasteiger partial charge in [0.1, 0.15) is 0 Å². The van der Waals surface area contributed by atoms with Crippen LogP contribution in [0.5, 0.6) is 0 Å². The lowest BCUT2D eigenvalue weighted by molar-refractivity contribution is -0.157.